The van der Waals surface area contributed by atoms with Gasteiger partial charge in [-0.05, 0) is 70.2 Å². The number of esters is 1. The number of rotatable bonds is 4. The number of nitrogens with zero attached hydrogens (tertiary/aromatic N) is 1. The summed E-state index contributed by atoms with van der Waals surface area (Å²) in [5, 5.41) is 1.30. The van der Waals surface area contributed by atoms with E-state index in [1.807, 2.05) is 18.2 Å². The minimum absolute atomic E-state index is 0.322. The number of hydrogen-bond acceptors (Lipinski definition) is 5. The van der Waals surface area contributed by atoms with E-state index in [2.05, 4.69) is 32.4 Å². The molecule has 30 heavy (non-hydrogen) atoms. The Bertz CT molecular complexity index is 987. The summed E-state index contributed by atoms with van der Waals surface area (Å²) in [6, 6.07) is 11.1. The van der Waals surface area contributed by atoms with Crippen LogP contribution in [0, 0.1) is 0 Å². The summed E-state index contributed by atoms with van der Waals surface area (Å²) < 4.78 is 5.60. The lowest BCUT2D eigenvalue weighted by Gasteiger charge is -2.36. The first kappa shape index (κ1) is 21.7. The van der Waals surface area contributed by atoms with E-state index in [1.165, 1.54) is 7.11 Å². The molecule has 158 valence electrons. The molecule has 1 N–H and O–H groups in total. The standard InChI is InChI=1S/C22H21BrCl2N2O3/c1-29-21(28)15-4-2-14(3-5-15)20-12-22(30-26-20)6-8-27(9-7-22)13-16-10-17(23)19(25)11-18(16)24/h2-5,10-12,26H,6-9,13H2,1H3. The van der Waals surface area contributed by atoms with Crippen molar-refractivity contribution in [3.8, 4) is 0 Å². The van der Waals surface area contributed by atoms with E-state index >= 15 is 0 Å². The number of carbonyl (C=O) groups excluding carboxylic acids is 1. The van der Waals surface area contributed by atoms with Crippen LogP contribution in [0.2, 0.25) is 10.0 Å². The Labute approximate surface area is 194 Å². The molecule has 1 fully saturated rings. The number of carbonyl (C=O) groups is 1. The van der Waals surface area contributed by atoms with Gasteiger partial charge in [0.1, 0.15) is 5.60 Å². The number of hydrogen-bond donors (Lipinski definition) is 1. The second kappa shape index (κ2) is 8.89. The normalized spacial score (nSPS) is 18.2. The molecule has 2 aromatic rings. The van der Waals surface area contributed by atoms with Gasteiger partial charge < -0.3 is 4.74 Å². The summed E-state index contributed by atoms with van der Waals surface area (Å²) in [7, 11) is 1.38. The predicted molar refractivity (Wildman–Crippen MR) is 121 cm³/mol. The van der Waals surface area contributed by atoms with Crippen molar-refractivity contribution >= 4 is 50.8 Å². The fraction of sp³-hybridized carbons (Fsp3) is 0.318. The zero-order valence-corrected chi connectivity index (χ0v) is 19.5. The monoisotopic (exact) mass is 510 g/mol. The van der Waals surface area contributed by atoms with Gasteiger partial charge in [0.2, 0.25) is 0 Å². The summed E-state index contributed by atoms with van der Waals surface area (Å²) in [5.74, 6) is -0.345. The van der Waals surface area contributed by atoms with Crippen LogP contribution in [0.1, 0.15) is 34.3 Å². The van der Waals surface area contributed by atoms with Gasteiger partial charge in [0.25, 0.3) is 0 Å². The van der Waals surface area contributed by atoms with Gasteiger partial charge in [-0.25, -0.2) is 4.79 Å². The Kier molecular flexibility index (Phi) is 6.42. The molecule has 8 heteroatoms. The smallest absolute Gasteiger partial charge is 0.337 e. The van der Waals surface area contributed by atoms with E-state index in [-0.39, 0.29) is 11.6 Å². The van der Waals surface area contributed by atoms with Gasteiger partial charge in [-0.3, -0.25) is 15.2 Å². The minimum Gasteiger partial charge on any atom is -0.465 e. The van der Waals surface area contributed by atoms with Gasteiger partial charge >= 0.3 is 5.97 Å². The fourth-order valence-corrected chi connectivity index (χ4v) is 4.62. The third-order valence-corrected chi connectivity index (χ3v) is 7.12. The van der Waals surface area contributed by atoms with Crippen molar-refractivity contribution in [1.82, 2.24) is 10.4 Å². The topological polar surface area (TPSA) is 50.8 Å². The van der Waals surface area contributed by atoms with Crippen molar-refractivity contribution < 1.29 is 14.4 Å². The predicted octanol–water partition coefficient (Wildman–Crippen LogP) is 5.45. The molecular formula is C22H21BrCl2N2O3. The molecule has 0 bridgehead atoms. The van der Waals surface area contributed by atoms with Crippen molar-refractivity contribution in [3.63, 3.8) is 0 Å². The maximum Gasteiger partial charge on any atom is 0.337 e. The molecule has 5 nitrogen and oxygen atoms in total. The fourth-order valence-electron chi connectivity index (χ4n) is 3.79. The number of methoxy groups -OCH3 is 1. The Morgan fingerprint density at radius 1 is 1.20 bits per heavy atom. The van der Waals surface area contributed by atoms with Crippen LogP contribution >= 0.6 is 39.1 Å². The molecule has 0 unspecified atom stereocenters. The molecule has 1 spiro atoms. The molecule has 2 heterocycles. The lowest BCUT2D eigenvalue weighted by Crippen LogP contribution is -2.44. The largest absolute Gasteiger partial charge is 0.465 e. The van der Waals surface area contributed by atoms with Crippen LogP contribution in [0.4, 0.5) is 0 Å². The number of nitrogens with one attached hydrogen (secondary N) is 1. The van der Waals surface area contributed by atoms with E-state index in [4.69, 9.17) is 32.8 Å². The maximum absolute atomic E-state index is 11.6. The van der Waals surface area contributed by atoms with Crippen LogP contribution in [0.3, 0.4) is 0 Å². The van der Waals surface area contributed by atoms with Gasteiger partial charge in [-0.1, -0.05) is 35.3 Å². The Hall–Kier alpha value is -1.57. The Balaban J connectivity index is 1.40. The number of ether oxygens (including phenoxy) is 1. The highest BCUT2D eigenvalue weighted by atomic mass is 79.9. The maximum atomic E-state index is 11.6. The molecule has 0 amide bonds. The molecule has 2 aliphatic heterocycles. The first-order chi connectivity index (χ1) is 14.4. The van der Waals surface area contributed by atoms with Gasteiger partial charge in [-0.2, -0.15) is 0 Å². The van der Waals surface area contributed by atoms with Crippen LogP contribution in [-0.4, -0.2) is 36.7 Å². The van der Waals surface area contributed by atoms with Crippen molar-refractivity contribution in [3.05, 3.63) is 73.7 Å². The van der Waals surface area contributed by atoms with E-state index in [0.29, 0.717) is 15.6 Å². The second-order valence-corrected chi connectivity index (χ2v) is 9.20. The van der Waals surface area contributed by atoms with Gasteiger partial charge in [-0.15, -0.1) is 0 Å². The lowest BCUT2D eigenvalue weighted by atomic mass is 9.90. The highest BCUT2D eigenvalue weighted by molar-refractivity contribution is 9.10. The van der Waals surface area contributed by atoms with Crippen LogP contribution in [0.25, 0.3) is 5.70 Å². The summed E-state index contributed by atoms with van der Waals surface area (Å²) in [6.45, 7) is 2.55. The second-order valence-electron chi connectivity index (χ2n) is 7.53. The minimum atomic E-state index is -0.345. The van der Waals surface area contributed by atoms with E-state index in [0.717, 1.165) is 53.8 Å². The van der Waals surface area contributed by atoms with Crippen molar-refractivity contribution in [2.75, 3.05) is 20.2 Å². The zero-order chi connectivity index (χ0) is 21.3. The van der Waals surface area contributed by atoms with E-state index in [9.17, 15) is 4.79 Å². The molecule has 0 radical (unpaired) electrons. The molecule has 2 aromatic carbocycles. The number of piperidine rings is 1. The van der Waals surface area contributed by atoms with Crippen molar-refractivity contribution in [2.24, 2.45) is 0 Å². The van der Waals surface area contributed by atoms with Crippen LogP contribution < -0.4 is 5.48 Å². The third-order valence-electron chi connectivity index (χ3n) is 5.57. The molecule has 2 aliphatic rings. The number of benzene rings is 2. The van der Waals surface area contributed by atoms with E-state index in [1.54, 1.807) is 18.2 Å². The van der Waals surface area contributed by atoms with Crippen molar-refractivity contribution in [2.45, 2.75) is 25.0 Å². The highest BCUT2D eigenvalue weighted by Crippen LogP contribution is 2.36. The van der Waals surface area contributed by atoms with Crippen LogP contribution in [0.15, 0.2) is 46.9 Å². The molecule has 4 rings (SSSR count). The molecule has 0 atom stereocenters. The van der Waals surface area contributed by atoms with Gasteiger partial charge in [0.15, 0.2) is 0 Å². The summed E-state index contributed by atoms with van der Waals surface area (Å²) in [5.41, 5.74) is 6.22. The molecular weight excluding hydrogens is 491 g/mol. The average molecular weight is 512 g/mol. The molecule has 0 aromatic heterocycles. The summed E-state index contributed by atoms with van der Waals surface area (Å²) >= 11 is 15.9. The highest BCUT2D eigenvalue weighted by Gasteiger charge is 2.38. The quantitative estimate of drug-likeness (QED) is 0.436. The zero-order valence-electron chi connectivity index (χ0n) is 16.4. The van der Waals surface area contributed by atoms with E-state index < -0.39 is 0 Å². The number of hydroxylamine groups is 1. The first-order valence-electron chi connectivity index (χ1n) is 9.60. The number of likely N-dealkylation sites (tertiary alicyclic amines) is 1. The first-order valence-corrected chi connectivity index (χ1v) is 11.2. The van der Waals surface area contributed by atoms with Crippen molar-refractivity contribution in [1.29, 1.82) is 0 Å². The lowest BCUT2D eigenvalue weighted by molar-refractivity contribution is -0.0703. The summed E-state index contributed by atoms with van der Waals surface area (Å²) in [6.07, 6.45) is 3.90. The van der Waals surface area contributed by atoms with Gasteiger partial charge in [0.05, 0.1) is 23.4 Å². The van der Waals surface area contributed by atoms with Gasteiger partial charge in [0, 0.05) is 29.1 Å². The molecule has 0 saturated carbocycles. The molecule has 1 saturated heterocycles. The Morgan fingerprint density at radius 2 is 1.90 bits per heavy atom. The average Bonchev–Trinajstić information content (AvgIpc) is 3.17. The summed E-state index contributed by atoms with van der Waals surface area (Å²) in [4.78, 5) is 20.0. The Morgan fingerprint density at radius 3 is 2.57 bits per heavy atom. The van der Waals surface area contributed by atoms with Crippen LogP contribution in [-0.2, 0) is 16.1 Å². The molecule has 0 aliphatic carbocycles. The SMILES string of the molecule is COC(=O)c1ccc(C2=CC3(CCN(Cc4cc(Br)c(Cl)cc4Cl)CC3)ON2)cc1. The van der Waals surface area contributed by atoms with Crippen LogP contribution in [0.5, 0.6) is 0 Å². The number of halogens is 3. The third kappa shape index (κ3) is 4.53.